The molecule has 0 aromatic heterocycles. The van der Waals surface area contributed by atoms with Gasteiger partial charge in [0.05, 0.1) is 11.1 Å². The molecule has 1 atom stereocenters. The van der Waals surface area contributed by atoms with E-state index in [-0.39, 0.29) is 10.8 Å². The lowest BCUT2D eigenvalue weighted by Crippen LogP contribution is -2.23. The molecule has 0 amide bonds. The SMILES string of the molecule is CCNC(c1ccccc1F)c1cccc(F)c1Cl. The van der Waals surface area contributed by atoms with Gasteiger partial charge in [0.1, 0.15) is 11.6 Å². The van der Waals surface area contributed by atoms with Gasteiger partial charge < -0.3 is 5.32 Å². The highest BCUT2D eigenvalue weighted by atomic mass is 35.5. The average molecular weight is 282 g/mol. The van der Waals surface area contributed by atoms with E-state index < -0.39 is 11.9 Å². The number of hydrogen-bond donors (Lipinski definition) is 1. The molecule has 0 aliphatic carbocycles. The molecule has 4 heteroatoms. The zero-order chi connectivity index (χ0) is 13.8. The second kappa shape index (κ2) is 6.13. The third kappa shape index (κ3) is 2.94. The fourth-order valence-corrected chi connectivity index (χ4v) is 2.28. The molecule has 19 heavy (non-hydrogen) atoms. The minimum Gasteiger partial charge on any atom is -0.306 e. The van der Waals surface area contributed by atoms with Gasteiger partial charge in [0.25, 0.3) is 0 Å². The van der Waals surface area contributed by atoms with Gasteiger partial charge in [-0.25, -0.2) is 8.78 Å². The maximum Gasteiger partial charge on any atom is 0.142 e. The maximum absolute atomic E-state index is 13.9. The van der Waals surface area contributed by atoms with E-state index in [0.717, 1.165) is 0 Å². The van der Waals surface area contributed by atoms with Crippen LogP contribution in [0, 0.1) is 11.6 Å². The predicted molar refractivity (Wildman–Crippen MR) is 73.3 cm³/mol. The van der Waals surface area contributed by atoms with E-state index in [1.54, 1.807) is 30.3 Å². The Balaban J connectivity index is 2.52. The smallest absolute Gasteiger partial charge is 0.142 e. The number of benzene rings is 2. The number of rotatable bonds is 4. The van der Waals surface area contributed by atoms with E-state index in [2.05, 4.69) is 5.32 Å². The summed E-state index contributed by atoms with van der Waals surface area (Å²) in [5, 5.41) is 3.16. The molecule has 0 radical (unpaired) electrons. The third-order valence-corrected chi connectivity index (χ3v) is 3.32. The van der Waals surface area contributed by atoms with Crippen LogP contribution in [0.2, 0.25) is 5.02 Å². The van der Waals surface area contributed by atoms with Crippen molar-refractivity contribution in [3.63, 3.8) is 0 Å². The van der Waals surface area contributed by atoms with Crippen LogP contribution in [0.15, 0.2) is 42.5 Å². The normalized spacial score (nSPS) is 12.4. The Hall–Kier alpha value is -1.45. The lowest BCUT2D eigenvalue weighted by molar-refractivity contribution is 0.555. The minimum atomic E-state index is -0.501. The lowest BCUT2D eigenvalue weighted by Gasteiger charge is -2.20. The van der Waals surface area contributed by atoms with Crippen molar-refractivity contribution in [2.45, 2.75) is 13.0 Å². The van der Waals surface area contributed by atoms with Gasteiger partial charge in [0.2, 0.25) is 0 Å². The minimum absolute atomic E-state index is 0.0247. The van der Waals surface area contributed by atoms with Gasteiger partial charge in [0, 0.05) is 5.56 Å². The molecular weight excluding hydrogens is 268 g/mol. The zero-order valence-corrected chi connectivity index (χ0v) is 11.2. The van der Waals surface area contributed by atoms with Crippen molar-refractivity contribution in [1.29, 1.82) is 0 Å². The summed E-state index contributed by atoms with van der Waals surface area (Å²) in [5.74, 6) is -0.841. The van der Waals surface area contributed by atoms with Crippen LogP contribution in [-0.4, -0.2) is 6.54 Å². The van der Waals surface area contributed by atoms with Crippen molar-refractivity contribution < 1.29 is 8.78 Å². The quantitative estimate of drug-likeness (QED) is 0.880. The maximum atomic E-state index is 13.9. The van der Waals surface area contributed by atoms with Crippen LogP contribution in [0.5, 0.6) is 0 Å². The largest absolute Gasteiger partial charge is 0.306 e. The van der Waals surface area contributed by atoms with Crippen LogP contribution in [0.25, 0.3) is 0 Å². The molecule has 0 fully saturated rings. The molecule has 0 bridgehead atoms. The highest BCUT2D eigenvalue weighted by Crippen LogP contribution is 2.31. The summed E-state index contributed by atoms with van der Waals surface area (Å²) in [6.07, 6.45) is 0. The van der Waals surface area contributed by atoms with Gasteiger partial charge >= 0.3 is 0 Å². The summed E-state index contributed by atoms with van der Waals surface area (Å²) >= 11 is 5.99. The Morgan fingerprint density at radius 1 is 1.00 bits per heavy atom. The van der Waals surface area contributed by atoms with Gasteiger partial charge in [-0.2, -0.15) is 0 Å². The summed E-state index contributed by atoms with van der Waals surface area (Å²) in [6.45, 7) is 2.52. The van der Waals surface area contributed by atoms with Crippen molar-refractivity contribution >= 4 is 11.6 Å². The lowest BCUT2D eigenvalue weighted by atomic mass is 9.98. The van der Waals surface area contributed by atoms with Crippen LogP contribution in [0.4, 0.5) is 8.78 Å². The highest BCUT2D eigenvalue weighted by molar-refractivity contribution is 6.31. The van der Waals surface area contributed by atoms with Crippen molar-refractivity contribution in [3.05, 3.63) is 70.2 Å². The van der Waals surface area contributed by atoms with Crippen LogP contribution in [0.3, 0.4) is 0 Å². The zero-order valence-electron chi connectivity index (χ0n) is 10.5. The average Bonchev–Trinajstić information content (AvgIpc) is 2.41. The Bertz CT molecular complexity index is 572. The van der Waals surface area contributed by atoms with E-state index in [0.29, 0.717) is 17.7 Å². The van der Waals surface area contributed by atoms with Crippen LogP contribution in [-0.2, 0) is 0 Å². The number of hydrogen-bond acceptors (Lipinski definition) is 1. The summed E-state index contributed by atoms with van der Waals surface area (Å²) in [4.78, 5) is 0. The Morgan fingerprint density at radius 3 is 2.32 bits per heavy atom. The first-order valence-electron chi connectivity index (χ1n) is 6.06. The highest BCUT2D eigenvalue weighted by Gasteiger charge is 2.20. The van der Waals surface area contributed by atoms with Gasteiger partial charge in [-0.05, 0) is 24.2 Å². The van der Waals surface area contributed by atoms with Crippen molar-refractivity contribution in [3.8, 4) is 0 Å². The molecule has 0 heterocycles. The summed E-state index contributed by atoms with van der Waals surface area (Å²) in [6, 6.07) is 10.5. The standard InChI is InChI=1S/C15H14ClF2N/c1-2-19-15(10-6-3-4-8-12(10)17)11-7-5-9-13(18)14(11)16/h3-9,15,19H,2H2,1H3. The molecule has 0 saturated carbocycles. The first kappa shape index (κ1) is 14.0. The van der Waals surface area contributed by atoms with E-state index in [9.17, 15) is 8.78 Å². The Morgan fingerprint density at radius 2 is 1.63 bits per heavy atom. The van der Waals surface area contributed by atoms with Gasteiger partial charge in [-0.15, -0.1) is 0 Å². The van der Waals surface area contributed by atoms with Gasteiger partial charge in [-0.1, -0.05) is 48.9 Å². The molecule has 2 rings (SSSR count). The molecule has 100 valence electrons. The second-order valence-corrected chi connectivity index (χ2v) is 4.53. The predicted octanol–water partition coefficient (Wildman–Crippen LogP) is 4.32. The van der Waals surface area contributed by atoms with Crippen LogP contribution in [0.1, 0.15) is 24.1 Å². The molecule has 0 saturated heterocycles. The fourth-order valence-electron chi connectivity index (χ4n) is 2.04. The summed E-state index contributed by atoms with van der Waals surface area (Å²) in [5.41, 5.74) is 0.991. The molecule has 1 N–H and O–H groups in total. The Labute approximate surface area is 116 Å². The van der Waals surface area contributed by atoms with Crippen molar-refractivity contribution in [2.24, 2.45) is 0 Å². The second-order valence-electron chi connectivity index (χ2n) is 4.16. The van der Waals surface area contributed by atoms with Crippen molar-refractivity contribution in [2.75, 3.05) is 6.54 Å². The number of nitrogens with one attached hydrogen (secondary N) is 1. The van der Waals surface area contributed by atoms with Crippen LogP contribution < -0.4 is 5.32 Å². The summed E-state index contributed by atoms with van der Waals surface area (Å²) < 4.78 is 27.4. The van der Waals surface area contributed by atoms with Crippen molar-refractivity contribution in [1.82, 2.24) is 5.32 Å². The number of halogens is 3. The molecule has 2 aromatic rings. The topological polar surface area (TPSA) is 12.0 Å². The first-order chi connectivity index (χ1) is 9.15. The third-order valence-electron chi connectivity index (χ3n) is 2.92. The molecular formula is C15H14ClF2N. The van der Waals surface area contributed by atoms with E-state index in [4.69, 9.17) is 11.6 Å². The monoisotopic (exact) mass is 281 g/mol. The van der Waals surface area contributed by atoms with Gasteiger partial charge in [0.15, 0.2) is 0 Å². The van der Waals surface area contributed by atoms with E-state index >= 15 is 0 Å². The van der Waals surface area contributed by atoms with E-state index in [1.165, 1.54) is 12.1 Å². The molecule has 0 aliphatic rings. The molecule has 0 spiro atoms. The Kier molecular flexibility index (Phi) is 4.51. The molecule has 0 aliphatic heterocycles. The fraction of sp³-hybridized carbons (Fsp3) is 0.200. The van der Waals surface area contributed by atoms with E-state index in [1.807, 2.05) is 6.92 Å². The van der Waals surface area contributed by atoms with Gasteiger partial charge in [-0.3, -0.25) is 0 Å². The molecule has 2 aromatic carbocycles. The molecule has 1 unspecified atom stereocenters. The first-order valence-corrected chi connectivity index (χ1v) is 6.44. The van der Waals surface area contributed by atoms with Crippen LogP contribution >= 0.6 is 11.6 Å². The summed E-state index contributed by atoms with van der Waals surface area (Å²) in [7, 11) is 0. The molecule has 1 nitrogen and oxygen atoms in total.